The van der Waals surface area contributed by atoms with E-state index in [0.29, 0.717) is 17.2 Å². The third kappa shape index (κ3) is 3.67. The lowest BCUT2D eigenvalue weighted by Gasteiger charge is -2.21. The summed E-state index contributed by atoms with van der Waals surface area (Å²) in [6.07, 6.45) is 1.86. The van der Waals surface area contributed by atoms with E-state index in [1.807, 2.05) is 19.2 Å². The van der Waals surface area contributed by atoms with E-state index >= 15 is 0 Å². The minimum Gasteiger partial charge on any atom is -0.493 e. The molecule has 1 aromatic rings. The Morgan fingerprint density at radius 3 is 2.05 bits per heavy atom. The van der Waals surface area contributed by atoms with Crippen LogP contribution in [-0.4, -0.2) is 28.4 Å². The zero-order valence-electron chi connectivity index (χ0n) is 13.1. The molecule has 20 heavy (non-hydrogen) atoms. The van der Waals surface area contributed by atoms with Gasteiger partial charge < -0.3 is 19.5 Å². The van der Waals surface area contributed by atoms with Gasteiger partial charge in [0.25, 0.3) is 0 Å². The Balaban J connectivity index is 3.19. The fraction of sp³-hybridized carbons (Fsp3) is 0.500. The van der Waals surface area contributed by atoms with Crippen molar-refractivity contribution in [2.24, 2.45) is 0 Å². The van der Waals surface area contributed by atoms with E-state index in [1.165, 1.54) is 5.57 Å². The molecule has 1 rings (SSSR count). The average molecular weight is 279 g/mol. The number of hydrogen-bond donors (Lipinski definition) is 1. The molecule has 0 bridgehead atoms. The van der Waals surface area contributed by atoms with Crippen LogP contribution in [0.25, 0.3) is 0 Å². The first-order valence-corrected chi connectivity index (χ1v) is 6.75. The van der Waals surface area contributed by atoms with Crippen LogP contribution in [0, 0.1) is 0 Å². The molecule has 112 valence electrons. The van der Waals surface area contributed by atoms with Gasteiger partial charge in [-0.3, -0.25) is 0 Å². The summed E-state index contributed by atoms with van der Waals surface area (Å²) in [6, 6.07) is 4.13. The third-order valence-electron chi connectivity index (χ3n) is 3.43. The second-order valence-electron chi connectivity index (χ2n) is 4.61. The molecule has 0 fully saturated rings. The van der Waals surface area contributed by atoms with Crippen molar-refractivity contribution in [2.75, 3.05) is 28.4 Å². The van der Waals surface area contributed by atoms with Crippen molar-refractivity contribution in [3.05, 3.63) is 29.8 Å². The monoisotopic (exact) mass is 279 g/mol. The van der Waals surface area contributed by atoms with Gasteiger partial charge in [0.05, 0.1) is 21.3 Å². The summed E-state index contributed by atoms with van der Waals surface area (Å²) in [4.78, 5) is 0. The Hall–Kier alpha value is -1.68. The lowest BCUT2D eigenvalue weighted by atomic mass is 9.98. The normalized spacial score (nSPS) is 11.8. The van der Waals surface area contributed by atoms with E-state index in [4.69, 9.17) is 14.2 Å². The Kier molecular flexibility index (Phi) is 6.39. The third-order valence-corrected chi connectivity index (χ3v) is 3.43. The van der Waals surface area contributed by atoms with E-state index < -0.39 is 0 Å². The van der Waals surface area contributed by atoms with Crippen LogP contribution < -0.4 is 19.5 Å². The average Bonchev–Trinajstić information content (AvgIpc) is 2.50. The number of nitrogens with one attached hydrogen (secondary N) is 1. The highest BCUT2D eigenvalue weighted by atomic mass is 16.5. The van der Waals surface area contributed by atoms with Gasteiger partial charge in [-0.2, -0.15) is 0 Å². The van der Waals surface area contributed by atoms with Crippen molar-refractivity contribution in [3.8, 4) is 17.2 Å². The predicted octanol–water partition coefficient (Wildman–Crippen LogP) is 3.33. The highest BCUT2D eigenvalue weighted by Gasteiger charge is 2.18. The summed E-state index contributed by atoms with van der Waals surface area (Å²) in [5.74, 6) is 1.95. The molecule has 0 aliphatic carbocycles. The van der Waals surface area contributed by atoms with Crippen LogP contribution in [0.4, 0.5) is 0 Å². The SMILES string of the molecule is C=C(CC)CC(NC)c1cc(OC)c(OC)c(OC)c1. The molecule has 1 aromatic carbocycles. The molecule has 0 aliphatic rings. The Labute approximate surface area is 121 Å². The van der Waals surface area contributed by atoms with Crippen molar-refractivity contribution in [3.63, 3.8) is 0 Å². The summed E-state index contributed by atoms with van der Waals surface area (Å²) >= 11 is 0. The zero-order chi connectivity index (χ0) is 15.1. The first-order chi connectivity index (χ1) is 9.60. The van der Waals surface area contributed by atoms with Crippen LogP contribution in [0.2, 0.25) is 0 Å². The van der Waals surface area contributed by atoms with Gasteiger partial charge in [-0.15, -0.1) is 0 Å². The molecule has 1 unspecified atom stereocenters. The molecule has 4 heteroatoms. The molecule has 0 saturated heterocycles. The molecule has 0 aliphatic heterocycles. The summed E-state index contributed by atoms with van der Waals surface area (Å²) in [5.41, 5.74) is 2.30. The summed E-state index contributed by atoms with van der Waals surface area (Å²) in [5, 5.41) is 3.31. The highest BCUT2D eigenvalue weighted by Crippen LogP contribution is 2.40. The van der Waals surface area contributed by atoms with Gasteiger partial charge in [0.1, 0.15) is 0 Å². The molecule has 4 nitrogen and oxygen atoms in total. The minimum atomic E-state index is 0.177. The lowest BCUT2D eigenvalue weighted by molar-refractivity contribution is 0.323. The maximum Gasteiger partial charge on any atom is 0.203 e. The second-order valence-corrected chi connectivity index (χ2v) is 4.61. The van der Waals surface area contributed by atoms with Crippen LogP contribution in [0.3, 0.4) is 0 Å². The van der Waals surface area contributed by atoms with Gasteiger partial charge in [-0.1, -0.05) is 19.1 Å². The van der Waals surface area contributed by atoms with E-state index in [9.17, 15) is 0 Å². The van der Waals surface area contributed by atoms with Crippen molar-refractivity contribution in [1.29, 1.82) is 0 Å². The van der Waals surface area contributed by atoms with Crippen LogP contribution in [0.1, 0.15) is 31.4 Å². The number of rotatable bonds is 8. The van der Waals surface area contributed by atoms with Crippen LogP contribution in [-0.2, 0) is 0 Å². The molecule has 0 heterocycles. The fourth-order valence-electron chi connectivity index (χ4n) is 2.12. The highest BCUT2D eigenvalue weighted by molar-refractivity contribution is 5.54. The molecule has 0 spiro atoms. The molecule has 0 radical (unpaired) electrons. The molecule has 0 amide bonds. The quantitative estimate of drug-likeness (QED) is 0.741. The smallest absolute Gasteiger partial charge is 0.203 e. The maximum atomic E-state index is 5.39. The van der Waals surface area contributed by atoms with Gasteiger partial charge in [-0.25, -0.2) is 0 Å². The van der Waals surface area contributed by atoms with Gasteiger partial charge in [0, 0.05) is 6.04 Å². The molecular formula is C16H25NO3. The van der Waals surface area contributed by atoms with E-state index in [2.05, 4.69) is 18.8 Å². The molecule has 0 saturated carbocycles. The Morgan fingerprint density at radius 1 is 1.15 bits per heavy atom. The van der Waals surface area contributed by atoms with Crippen molar-refractivity contribution in [1.82, 2.24) is 5.32 Å². The van der Waals surface area contributed by atoms with Crippen molar-refractivity contribution >= 4 is 0 Å². The van der Waals surface area contributed by atoms with Gasteiger partial charge >= 0.3 is 0 Å². The molecular weight excluding hydrogens is 254 g/mol. The maximum absolute atomic E-state index is 5.39. The first-order valence-electron chi connectivity index (χ1n) is 6.75. The number of hydrogen-bond acceptors (Lipinski definition) is 4. The summed E-state index contributed by atoms with van der Waals surface area (Å²) in [7, 11) is 6.80. The largest absolute Gasteiger partial charge is 0.493 e. The van der Waals surface area contributed by atoms with Gasteiger partial charge in [0.15, 0.2) is 11.5 Å². The summed E-state index contributed by atoms with van der Waals surface area (Å²) in [6.45, 7) is 6.19. The first kappa shape index (κ1) is 16.4. The van der Waals surface area contributed by atoms with Crippen LogP contribution in [0.5, 0.6) is 17.2 Å². The number of ether oxygens (including phenoxy) is 3. The van der Waals surface area contributed by atoms with Crippen molar-refractivity contribution in [2.45, 2.75) is 25.8 Å². The van der Waals surface area contributed by atoms with Crippen molar-refractivity contribution < 1.29 is 14.2 Å². The minimum absolute atomic E-state index is 0.177. The number of benzene rings is 1. The Bertz CT molecular complexity index is 432. The fourth-order valence-corrected chi connectivity index (χ4v) is 2.12. The van der Waals surface area contributed by atoms with Gasteiger partial charge in [0.2, 0.25) is 5.75 Å². The number of methoxy groups -OCH3 is 3. The molecule has 1 N–H and O–H groups in total. The topological polar surface area (TPSA) is 39.7 Å². The van der Waals surface area contributed by atoms with E-state index in [1.54, 1.807) is 21.3 Å². The molecule has 1 atom stereocenters. The molecule has 0 aromatic heterocycles. The summed E-state index contributed by atoms with van der Waals surface area (Å²) < 4.78 is 16.1. The van der Waals surface area contributed by atoms with E-state index in [-0.39, 0.29) is 6.04 Å². The standard InChI is InChI=1S/C16H25NO3/c1-7-11(2)8-13(17-3)12-9-14(18-4)16(20-6)15(10-12)19-5/h9-10,13,17H,2,7-8H2,1,3-6H3. The predicted molar refractivity (Wildman–Crippen MR) is 81.9 cm³/mol. The lowest BCUT2D eigenvalue weighted by Crippen LogP contribution is -2.17. The van der Waals surface area contributed by atoms with E-state index in [0.717, 1.165) is 18.4 Å². The van der Waals surface area contributed by atoms with Crippen LogP contribution in [0.15, 0.2) is 24.3 Å². The second kappa shape index (κ2) is 7.80. The zero-order valence-corrected chi connectivity index (χ0v) is 13.1. The Morgan fingerprint density at radius 2 is 1.70 bits per heavy atom. The van der Waals surface area contributed by atoms with Gasteiger partial charge in [-0.05, 0) is 37.6 Å². The van der Waals surface area contributed by atoms with Crippen LogP contribution >= 0.6 is 0 Å².